The van der Waals surface area contributed by atoms with Crippen LogP contribution in [0.1, 0.15) is 31.2 Å². The minimum absolute atomic E-state index is 0.119. The number of rotatable bonds is 4. The highest BCUT2D eigenvalue weighted by Crippen LogP contribution is 2.32. The number of anilines is 1. The lowest BCUT2D eigenvalue weighted by Crippen LogP contribution is -2.36. The van der Waals surface area contributed by atoms with Gasteiger partial charge in [-0.2, -0.15) is 5.26 Å². The summed E-state index contributed by atoms with van der Waals surface area (Å²) in [6.07, 6.45) is 4.78. The van der Waals surface area contributed by atoms with Crippen LogP contribution in [0.3, 0.4) is 0 Å². The Hall–Kier alpha value is -1.05. The molecular weight excluding hydrogens is 292 g/mol. The maximum atomic E-state index is 9.29. The first-order valence-corrected chi connectivity index (χ1v) is 7.13. The quantitative estimate of drug-likeness (QED) is 0.930. The topological polar surface area (TPSA) is 47.3 Å². The van der Waals surface area contributed by atoms with E-state index in [1.54, 1.807) is 0 Å². The largest absolute Gasteiger partial charge is 0.395 e. The molecule has 0 aromatic heterocycles. The van der Waals surface area contributed by atoms with Gasteiger partial charge in [0.15, 0.2) is 0 Å². The van der Waals surface area contributed by atoms with Gasteiger partial charge < -0.3 is 10.0 Å². The standard InChI is InChI=1S/C14H17BrN2O/c15-13-6-3-7-14(12(13)10-16)17(8-9-18)11-4-1-2-5-11/h3,6-7,11,18H,1-2,4-5,8-9H2. The van der Waals surface area contributed by atoms with Crippen LogP contribution in [0.15, 0.2) is 22.7 Å². The lowest BCUT2D eigenvalue weighted by Gasteiger charge is -2.31. The van der Waals surface area contributed by atoms with Crippen molar-refractivity contribution in [2.75, 3.05) is 18.1 Å². The van der Waals surface area contributed by atoms with Gasteiger partial charge in [0.05, 0.1) is 17.9 Å². The highest BCUT2D eigenvalue weighted by molar-refractivity contribution is 9.10. The third-order valence-corrected chi connectivity index (χ3v) is 4.18. The van der Waals surface area contributed by atoms with Gasteiger partial charge in [-0.25, -0.2) is 0 Å². The van der Waals surface area contributed by atoms with Crippen LogP contribution in [0.4, 0.5) is 5.69 Å². The van der Waals surface area contributed by atoms with Crippen molar-refractivity contribution < 1.29 is 5.11 Å². The molecule has 0 unspecified atom stereocenters. The number of nitrogens with zero attached hydrogens (tertiary/aromatic N) is 2. The maximum Gasteiger partial charge on any atom is 0.103 e. The van der Waals surface area contributed by atoms with Gasteiger partial charge in [-0.05, 0) is 40.9 Å². The second-order valence-electron chi connectivity index (χ2n) is 4.60. The Balaban J connectivity index is 2.36. The van der Waals surface area contributed by atoms with Crippen molar-refractivity contribution >= 4 is 21.6 Å². The minimum atomic E-state index is 0.119. The van der Waals surface area contributed by atoms with E-state index in [0.29, 0.717) is 18.2 Å². The highest BCUT2D eigenvalue weighted by atomic mass is 79.9. The molecular formula is C14H17BrN2O. The fraction of sp³-hybridized carbons (Fsp3) is 0.500. The Kier molecular flexibility index (Phi) is 4.62. The number of hydrogen-bond donors (Lipinski definition) is 1. The molecule has 18 heavy (non-hydrogen) atoms. The summed E-state index contributed by atoms with van der Waals surface area (Å²) in [5, 5.41) is 18.5. The van der Waals surface area contributed by atoms with E-state index in [0.717, 1.165) is 23.0 Å². The van der Waals surface area contributed by atoms with Gasteiger partial charge in [0, 0.05) is 17.1 Å². The zero-order valence-electron chi connectivity index (χ0n) is 10.3. The van der Waals surface area contributed by atoms with Crippen LogP contribution in [-0.4, -0.2) is 24.3 Å². The molecule has 1 aromatic carbocycles. The number of benzene rings is 1. The predicted molar refractivity (Wildman–Crippen MR) is 75.5 cm³/mol. The summed E-state index contributed by atoms with van der Waals surface area (Å²) in [6, 6.07) is 8.51. The minimum Gasteiger partial charge on any atom is -0.395 e. The number of aliphatic hydroxyl groups excluding tert-OH is 1. The Labute approximate surface area is 116 Å². The zero-order chi connectivity index (χ0) is 13.0. The molecule has 1 saturated carbocycles. The van der Waals surface area contributed by atoms with E-state index in [-0.39, 0.29) is 6.61 Å². The van der Waals surface area contributed by atoms with E-state index < -0.39 is 0 Å². The van der Waals surface area contributed by atoms with Crippen molar-refractivity contribution in [1.82, 2.24) is 0 Å². The molecule has 2 rings (SSSR count). The van der Waals surface area contributed by atoms with Crippen molar-refractivity contribution in [3.05, 3.63) is 28.2 Å². The van der Waals surface area contributed by atoms with Crippen LogP contribution < -0.4 is 4.90 Å². The summed E-state index contributed by atoms with van der Waals surface area (Å²) in [5.41, 5.74) is 1.60. The second kappa shape index (κ2) is 6.21. The van der Waals surface area contributed by atoms with E-state index >= 15 is 0 Å². The van der Waals surface area contributed by atoms with Crippen LogP contribution >= 0.6 is 15.9 Å². The van der Waals surface area contributed by atoms with Gasteiger partial charge in [-0.3, -0.25) is 0 Å². The average molecular weight is 309 g/mol. The van der Waals surface area contributed by atoms with Crippen LogP contribution in [0.2, 0.25) is 0 Å². The summed E-state index contributed by atoms with van der Waals surface area (Å²) in [6.45, 7) is 0.712. The average Bonchev–Trinajstić information content (AvgIpc) is 2.89. The Bertz CT molecular complexity index is 450. The molecule has 1 fully saturated rings. The number of nitriles is 1. The van der Waals surface area contributed by atoms with Crippen molar-refractivity contribution in [2.24, 2.45) is 0 Å². The Morgan fingerprint density at radius 1 is 1.39 bits per heavy atom. The first-order valence-electron chi connectivity index (χ1n) is 6.34. The summed E-state index contributed by atoms with van der Waals surface area (Å²) < 4.78 is 0.823. The van der Waals surface area contributed by atoms with Gasteiger partial charge in [0.2, 0.25) is 0 Å². The molecule has 1 N–H and O–H groups in total. The highest BCUT2D eigenvalue weighted by Gasteiger charge is 2.24. The summed E-state index contributed by atoms with van der Waals surface area (Å²) in [4.78, 5) is 2.19. The third kappa shape index (κ3) is 2.68. The van der Waals surface area contributed by atoms with Crippen LogP contribution in [-0.2, 0) is 0 Å². The molecule has 1 aliphatic rings. The fourth-order valence-corrected chi connectivity index (χ4v) is 3.13. The monoisotopic (exact) mass is 308 g/mol. The van der Waals surface area contributed by atoms with E-state index in [1.807, 2.05) is 18.2 Å². The molecule has 0 saturated heterocycles. The summed E-state index contributed by atoms with van der Waals surface area (Å²) in [5.74, 6) is 0. The first-order chi connectivity index (χ1) is 8.77. The van der Waals surface area contributed by atoms with Crippen LogP contribution in [0.25, 0.3) is 0 Å². The van der Waals surface area contributed by atoms with Crippen molar-refractivity contribution in [2.45, 2.75) is 31.7 Å². The van der Waals surface area contributed by atoms with Crippen molar-refractivity contribution in [3.8, 4) is 6.07 Å². The van der Waals surface area contributed by atoms with E-state index in [1.165, 1.54) is 12.8 Å². The van der Waals surface area contributed by atoms with Crippen molar-refractivity contribution in [1.29, 1.82) is 5.26 Å². The maximum absolute atomic E-state index is 9.29. The molecule has 0 bridgehead atoms. The van der Waals surface area contributed by atoms with Gasteiger partial charge in [-0.15, -0.1) is 0 Å². The molecule has 96 valence electrons. The first kappa shape index (κ1) is 13.4. The molecule has 0 radical (unpaired) electrons. The zero-order valence-corrected chi connectivity index (χ0v) is 11.9. The van der Waals surface area contributed by atoms with E-state index in [4.69, 9.17) is 0 Å². The van der Waals surface area contributed by atoms with Gasteiger partial charge in [-0.1, -0.05) is 18.9 Å². The van der Waals surface area contributed by atoms with Crippen LogP contribution in [0, 0.1) is 11.3 Å². The Morgan fingerprint density at radius 3 is 2.72 bits per heavy atom. The summed E-state index contributed by atoms with van der Waals surface area (Å²) >= 11 is 3.42. The Morgan fingerprint density at radius 2 is 2.11 bits per heavy atom. The number of aliphatic hydroxyl groups is 1. The molecule has 4 heteroatoms. The van der Waals surface area contributed by atoms with E-state index in [9.17, 15) is 10.4 Å². The molecule has 3 nitrogen and oxygen atoms in total. The van der Waals surface area contributed by atoms with Crippen molar-refractivity contribution in [3.63, 3.8) is 0 Å². The van der Waals surface area contributed by atoms with E-state index in [2.05, 4.69) is 26.9 Å². The SMILES string of the molecule is N#Cc1c(Br)cccc1N(CCO)C1CCCC1. The molecule has 0 amide bonds. The van der Waals surface area contributed by atoms with Gasteiger partial charge in [0.1, 0.15) is 6.07 Å². The second-order valence-corrected chi connectivity index (χ2v) is 5.46. The lowest BCUT2D eigenvalue weighted by atomic mass is 10.1. The molecule has 0 heterocycles. The normalized spacial score (nSPS) is 15.6. The third-order valence-electron chi connectivity index (χ3n) is 3.52. The van der Waals surface area contributed by atoms with Gasteiger partial charge >= 0.3 is 0 Å². The fourth-order valence-electron chi connectivity index (χ4n) is 2.69. The number of hydrogen-bond acceptors (Lipinski definition) is 3. The summed E-state index contributed by atoms with van der Waals surface area (Å²) in [7, 11) is 0. The van der Waals surface area contributed by atoms with Crippen LogP contribution in [0.5, 0.6) is 0 Å². The molecule has 1 aliphatic carbocycles. The smallest absolute Gasteiger partial charge is 0.103 e. The predicted octanol–water partition coefficient (Wildman–Crippen LogP) is 3.06. The number of halogens is 1. The molecule has 1 aromatic rings. The molecule has 0 aliphatic heterocycles. The molecule has 0 spiro atoms. The lowest BCUT2D eigenvalue weighted by molar-refractivity contribution is 0.297. The van der Waals surface area contributed by atoms with Gasteiger partial charge in [0.25, 0.3) is 0 Å². The molecule has 0 atom stereocenters.